The van der Waals surface area contributed by atoms with E-state index in [1.165, 1.54) is 38.9 Å². The Morgan fingerprint density at radius 2 is 2.05 bits per heavy atom. The van der Waals surface area contributed by atoms with E-state index < -0.39 is 0 Å². The SMILES string of the molecule is CCCN1CCC(C(C)NCCCOCCO)CC1. The lowest BCUT2D eigenvalue weighted by molar-refractivity contribution is 0.0895. The van der Waals surface area contributed by atoms with Crippen LogP contribution in [0, 0.1) is 5.92 Å². The first-order valence-corrected chi connectivity index (χ1v) is 7.92. The number of aliphatic hydroxyl groups excluding tert-OH is 1. The van der Waals surface area contributed by atoms with Gasteiger partial charge in [-0.05, 0) is 64.7 Å². The van der Waals surface area contributed by atoms with Crippen molar-refractivity contribution in [3.05, 3.63) is 0 Å². The zero-order chi connectivity index (χ0) is 13.9. The largest absolute Gasteiger partial charge is 0.394 e. The van der Waals surface area contributed by atoms with Crippen molar-refractivity contribution >= 4 is 0 Å². The molecule has 1 rings (SSSR count). The summed E-state index contributed by atoms with van der Waals surface area (Å²) < 4.78 is 5.25. The van der Waals surface area contributed by atoms with E-state index in [1.807, 2.05) is 0 Å². The van der Waals surface area contributed by atoms with Gasteiger partial charge in [-0.25, -0.2) is 0 Å². The Labute approximate surface area is 118 Å². The van der Waals surface area contributed by atoms with Crippen LogP contribution in [0.2, 0.25) is 0 Å². The molecule has 1 aliphatic rings. The maximum atomic E-state index is 8.60. The molecule has 0 bridgehead atoms. The summed E-state index contributed by atoms with van der Waals surface area (Å²) in [4.78, 5) is 2.59. The second kappa shape index (κ2) is 10.6. The molecule has 114 valence electrons. The summed E-state index contributed by atoms with van der Waals surface area (Å²) in [6, 6.07) is 0.613. The van der Waals surface area contributed by atoms with Gasteiger partial charge >= 0.3 is 0 Å². The third-order valence-corrected chi connectivity index (χ3v) is 4.05. The number of nitrogens with zero attached hydrogens (tertiary/aromatic N) is 1. The van der Waals surface area contributed by atoms with E-state index in [2.05, 4.69) is 24.1 Å². The van der Waals surface area contributed by atoms with Gasteiger partial charge in [0.15, 0.2) is 0 Å². The highest BCUT2D eigenvalue weighted by atomic mass is 16.5. The third-order valence-electron chi connectivity index (χ3n) is 4.05. The van der Waals surface area contributed by atoms with Crippen LogP contribution in [-0.4, -0.2) is 62.0 Å². The van der Waals surface area contributed by atoms with Crippen LogP contribution in [-0.2, 0) is 4.74 Å². The maximum Gasteiger partial charge on any atom is 0.0697 e. The molecule has 0 spiro atoms. The lowest BCUT2D eigenvalue weighted by Crippen LogP contribution is -2.42. The van der Waals surface area contributed by atoms with Crippen molar-refractivity contribution in [1.82, 2.24) is 10.2 Å². The lowest BCUT2D eigenvalue weighted by Gasteiger charge is -2.35. The smallest absolute Gasteiger partial charge is 0.0697 e. The van der Waals surface area contributed by atoms with Crippen molar-refractivity contribution in [3.63, 3.8) is 0 Å². The van der Waals surface area contributed by atoms with Gasteiger partial charge in [0.25, 0.3) is 0 Å². The van der Waals surface area contributed by atoms with E-state index in [0.717, 1.165) is 25.5 Å². The first kappa shape index (κ1) is 16.9. The summed E-state index contributed by atoms with van der Waals surface area (Å²) in [6.07, 6.45) is 4.95. The molecule has 0 saturated carbocycles. The summed E-state index contributed by atoms with van der Waals surface area (Å²) in [6.45, 7) is 10.7. The highest BCUT2D eigenvalue weighted by Crippen LogP contribution is 2.20. The summed E-state index contributed by atoms with van der Waals surface area (Å²) in [5, 5.41) is 12.2. The normalized spacial score (nSPS) is 19.7. The Morgan fingerprint density at radius 1 is 1.32 bits per heavy atom. The first-order valence-electron chi connectivity index (χ1n) is 7.92. The molecule has 0 radical (unpaired) electrons. The number of aliphatic hydroxyl groups is 1. The molecule has 0 amide bonds. The number of rotatable bonds is 10. The molecular weight excluding hydrogens is 240 g/mol. The van der Waals surface area contributed by atoms with Crippen molar-refractivity contribution < 1.29 is 9.84 Å². The molecule has 0 aromatic heterocycles. The minimum atomic E-state index is 0.125. The molecule has 1 atom stereocenters. The van der Waals surface area contributed by atoms with Crippen molar-refractivity contribution in [2.75, 3.05) is 46.0 Å². The fraction of sp³-hybridized carbons (Fsp3) is 1.00. The van der Waals surface area contributed by atoms with E-state index in [4.69, 9.17) is 9.84 Å². The van der Waals surface area contributed by atoms with Crippen LogP contribution in [0.4, 0.5) is 0 Å². The topological polar surface area (TPSA) is 44.7 Å². The number of piperidine rings is 1. The van der Waals surface area contributed by atoms with Gasteiger partial charge in [0, 0.05) is 12.6 Å². The van der Waals surface area contributed by atoms with Crippen LogP contribution < -0.4 is 5.32 Å². The molecule has 0 aromatic carbocycles. The van der Waals surface area contributed by atoms with Gasteiger partial charge in [0.05, 0.1) is 13.2 Å². The molecule has 0 aromatic rings. The van der Waals surface area contributed by atoms with Gasteiger partial charge in [-0.15, -0.1) is 0 Å². The Morgan fingerprint density at radius 3 is 2.68 bits per heavy atom. The van der Waals surface area contributed by atoms with E-state index in [9.17, 15) is 0 Å². The summed E-state index contributed by atoms with van der Waals surface area (Å²) in [5.41, 5.74) is 0. The molecule has 1 fully saturated rings. The van der Waals surface area contributed by atoms with Gasteiger partial charge in [0.1, 0.15) is 0 Å². The van der Waals surface area contributed by atoms with Crippen LogP contribution in [0.25, 0.3) is 0 Å². The fourth-order valence-electron chi connectivity index (χ4n) is 2.83. The van der Waals surface area contributed by atoms with Gasteiger partial charge in [0.2, 0.25) is 0 Å². The first-order chi connectivity index (χ1) is 9.27. The second-order valence-electron chi connectivity index (χ2n) is 5.61. The number of hydrogen-bond donors (Lipinski definition) is 2. The average Bonchev–Trinajstić information content (AvgIpc) is 2.43. The Kier molecular flexibility index (Phi) is 9.43. The Bertz CT molecular complexity index is 206. The molecule has 1 heterocycles. The molecule has 4 heteroatoms. The van der Waals surface area contributed by atoms with Crippen molar-refractivity contribution in [2.45, 2.75) is 45.6 Å². The summed E-state index contributed by atoms with van der Waals surface area (Å²) >= 11 is 0. The van der Waals surface area contributed by atoms with Crippen molar-refractivity contribution in [3.8, 4) is 0 Å². The van der Waals surface area contributed by atoms with E-state index >= 15 is 0 Å². The van der Waals surface area contributed by atoms with Gasteiger partial charge in [-0.1, -0.05) is 6.92 Å². The maximum absolute atomic E-state index is 8.60. The predicted molar refractivity (Wildman–Crippen MR) is 79.4 cm³/mol. The second-order valence-corrected chi connectivity index (χ2v) is 5.61. The van der Waals surface area contributed by atoms with Gasteiger partial charge in [-0.2, -0.15) is 0 Å². The highest BCUT2D eigenvalue weighted by Gasteiger charge is 2.22. The van der Waals surface area contributed by atoms with Gasteiger partial charge < -0.3 is 20.1 Å². The minimum absolute atomic E-state index is 0.125. The predicted octanol–water partition coefficient (Wildman–Crippen LogP) is 1.49. The number of ether oxygens (including phenoxy) is 1. The van der Waals surface area contributed by atoms with E-state index in [-0.39, 0.29) is 6.61 Å². The third kappa shape index (κ3) is 7.25. The highest BCUT2D eigenvalue weighted by molar-refractivity contribution is 4.79. The summed E-state index contributed by atoms with van der Waals surface area (Å²) in [5.74, 6) is 0.825. The quantitative estimate of drug-likeness (QED) is 0.591. The van der Waals surface area contributed by atoms with E-state index in [1.54, 1.807) is 0 Å². The number of hydrogen-bond acceptors (Lipinski definition) is 4. The molecule has 19 heavy (non-hydrogen) atoms. The van der Waals surface area contributed by atoms with Crippen LogP contribution in [0.15, 0.2) is 0 Å². The Balaban J connectivity index is 2.02. The minimum Gasteiger partial charge on any atom is -0.394 e. The zero-order valence-electron chi connectivity index (χ0n) is 12.7. The lowest BCUT2D eigenvalue weighted by atomic mass is 9.90. The van der Waals surface area contributed by atoms with Crippen LogP contribution in [0.3, 0.4) is 0 Å². The molecular formula is C15H32N2O2. The monoisotopic (exact) mass is 272 g/mol. The standard InChI is InChI=1S/C15H32N2O2/c1-3-8-17-9-5-15(6-10-17)14(2)16-7-4-12-19-13-11-18/h14-16,18H,3-13H2,1-2H3. The van der Waals surface area contributed by atoms with E-state index in [0.29, 0.717) is 12.6 Å². The molecule has 4 nitrogen and oxygen atoms in total. The molecule has 1 unspecified atom stereocenters. The van der Waals surface area contributed by atoms with Crippen molar-refractivity contribution in [2.24, 2.45) is 5.92 Å². The van der Waals surface area contributed by atoms with Crippen LogP contribution >= 0.6 is 0 Å². The van der Waals surface area contributed by atoms with Crippen LogP contribution in [0.1, 0.15) is 39.5 Å². The molecule has 2 N–H and O–H groups in total. The molecule has 1 aliphatic heterocycles. The zero-order valence-corrected chi connectivity index (χ0v) is 12.7. The average molecular weight is 272 g/mol. The van der Waals surface area contributed by atoms with Crippen LogP contribution in [0.5, 0.6) is 0 Å². The molecule has 1 saturated heterocycles. The Hall–Kier alpha value is -0.160. The fourth-order valence-corrected chi connectivity index (χ4v) is 2.83. The number of likely N-dealkylation sites (tertiary alicyclic amines) is 1. The molecule has 0 aliphatic carbocycles. The van der Waals surface area contributed by atoms with Crippen molar-refractivity contribution in [1.29, 1.82) is 0 Å². The summed E-state index contributed by atoms with van der Waals surface area (Å²) in [7, 11) is 0. The van der Waals surface area contributed by atoms with Gasteiger partial charge in [-0.3, -0.25) is 0 Å². The number of nitrogens with one attached hydrogen (secondary N) is 1.